The highest BCUT2D eigenvalue weighted by atomic mass is 32.2. The van der Waals surface area contributed by atoms with Gasteiger partial charge >= 0.3 is 0 Å². The molecule has 0 heterocycles. The monoisotopic (exact) mass is 217 g/mol. The fourth-order valence-electron chi connectivity index (χ4n) is 1.21. The summed E-state index contributed by atoms with van der Waals surface area (Å²) in [5.74, 6) is -0.315. The zero-order valence-electron chi connectivity index (χ0n) is 8.02. The van der Waals surface area contributed by atoms with Crippen molar-refractivity contribution in [2.45, 2.75) is 18.2 Å². The molecule has 1 rings (SSSR count). The summed E-state index contributed by atoms with van der Waals surface area (Å²) in [5, 5.41) is 0. The molecule has 1 aromatic carbocycles. The summed E-state index contributed by atoms with van der Waals surface area (Å²) in [6, 6.07) is 2.71. The first-order valence-corrected chi connectivity index (χ1v) is 5.48. The molecule has 0 bridgehead atoms. The number of nitrogens with two attached hydrogens (primary N) is 1. The minimum atomic E-state index is -0.486. The van der Waals surface area contributed by atoms with Gasteiger partial charge in [0.2, 0.25) is 0 Å². The fraction of sp³-hybridized carbons (Fsp3) is 0.400. The number of rotatable bonds is 4. The zero-order chi connectivity index (χ0) is 10.6. The van der Waals surface area contributed by atoms with Gasteiger partial charge in [-0.25, -0.2) is 8.78 Å². The largest absolute Gasteiger partial charge is 0.330 e. The van der Waals surface area contributed by atoms with Gasteiger partial charge in [-0.05, 0) is 36.4 Å². The standard InChI is InChI=1S/C10H13F2NS/c1-2-14-10-8(11)5-7(3-4-13)6-9(10)12/h5-6H,2-4,13H2,1H3. The summed E-state index contributed by atoms with van der Waals surface area (Å²) < 4.78 is 26.6. The van der Waals surface area contributed by atoms with Crippen LogP contribution in [0.5, 0.6) is 0 Å². The molecule has 0 amide bonds. The summed E-state index contributed by atoms with van der Waals surface area (Å²) in [7, 11) is 0. The van der Waals surface area contributed by atoms with E-state index < -0.39 is 11.6 Å². The molecule has 0 aromatic heterocycles. The molecule has 78 valence electrons. The molecule has 0 aliphatic heterocycles. The first kappa shape index (κ1) is 11.5. The van der Waals surface area contributed by atoms with Gasteiger partial charge in [0.1, 0.15) is 11.6 Å². The molecule has 2 N–H and O–H groups in total. The second kappa shape index (κ2) is 5.32. The smallest absolute Gasteiger partial charge is 0.140 e. The molecule has 0 saturated carbocycles. The van der Waals surface area contributed by atoms with Crippen LogP contribution in [0.1, 0.15) is 12.5 Å². The van der Waals surface area contributed by atoms with Gasteiger partial charge in [0, 0.05) is 0 Å². The van der Waals surface area contributed by atoms with Crippen LogP contribution in [0.4, 0.5) is 8.78 Å². The lowest BCUT2D eigenvalue weighted by molar-refractivity contribution is 0.537. The Kier molecular flexibility index (Phi) is 4.35. The molecule has 0 aliphatic rings. The van der Waals surface area contributed by atoms with Gasteiger partial charge in [-0.15, -0.1) is 11.8 Å². The van der Waals surface area contributed by atoms with Crippen molar-refractivity contribution in [3.63, 3.8) is 0 Å². The van der Waals surface area contributed by atoms with Crippen molar-refractivity contribution in [3.8, 4) is 0 Å². The number of thioether (sulfide) groups is 1. The summed E-state index contributed by atoms with van der Waals surface area (Å²) in [4.78, 5) is 0.105. The third-order valence-corrected chi connectivity index (χ3v) is 2.75. The van der Waals surface area contributed by atoms with Gasteiger partial charge in [-0.1, -0.05) is 6.92 Å². The van der Waals surface area contributed by atoms with Gasteiger partial charge < -0.3 is 5.73 Å². The Labute approximate surface area is 86.7 Å². The van der Waals surface area contributed by atoms with E-state index in [9.17, 15) is 8.78 Å². The van der Waals surface area contributed by atoms with Crippen molar-refractivity contribution in [1.82, 2.24) is 0 Å². The Hall–Kier alpha value is -0.610. The molecule has 0 aliphatic carbocycles. The SMILES string of the molecule is CCSc1c(F)cc(CCN)cc1F. The quantitative estimate of drug-likeness (QED) is 0.784. The number of hydrogen-bond acceptors (Lipinski definition) is 2. The molecule has 0 spiro atoms. The molecule has 14 heavy (non-hydrogen) atoms. The van der Waals surface area contributed by atoms with E-state index in [0.717, 1.165) is 0 Å². The highest BCUT2D eigenvalue weighted by Gasteiger charge is 2.10. The van der Waals surface area contributed by atoms with E-state index >= 15 is 0 Å². The average Bonchev–Trinajstić information content (AvgIpc) is 2.12. The molecular weight excluding hydrogens is 204 g/mol. The van der Waals surface area contributed by atoms with Crippen LogP contribution in [0.2, 0.25) is 0 Å². The van der Waals surface area contributed by atoms with Gasteiger partial charge in [0.25, 0.3) is 0 Å². The van der Waals surface area contributed by atoms with Crippen LogP contribution in [0.25, 0.3) is 0 Å². The fourth-order valence-corrected chi connectivity index (χ4v) is 1.89. The predicted molar refractivity (Wildman–Crippen MR) is 55.5 cm³/mol. The minimum absolute atomic E-state index is 0.105. The Morgan fingerprint density at radius 3 is 2.29 bits per heavy atom. The van der Waals surface area contributed by atoms with Crippen molar-refractivity contribution in [2.24, 2.45) is 5.73 Å². The van der Waals surface area contributed by atoms with Crippen LogP contribution >= 0.6 is 11.8 Å². The molecule has 0 unspecified atom stereocenters. The predicted octanol–water partition coefficient (Wildman–Crippen LogP) is 2.58. The highest BCUT2D eigenvalue weighted by Crippen LogP contribution is 2.26. The van der Waals surface area contributed by atoms with Crippen molar-refractivity contribution in [1.29, 1.82) is 0 Å². The van der Waals surface area contributed by atoms with E-state index in [1.54, 1.807) is 0 Å². The van der Waals surface area contributed by atoms with Gasteiger partial charge in [-0.2, -0.15) is 0 Å². The lowest BCUT2D eigenvalue weighted by Crippen LogP contribution is -2.04. The Bertz CT molecular complexity index is 292. The first-order valence-electron chi connectivity index (χ1n) is 4.49. The highest BCUT2D eigenvalue weighted by molar-refractivity contribution is 7.99. The van der Waals surface area contributed by atoms with E-state index in [1.165, 1.54) is 23.9 Å². The lowest BCUT2D eigenvalue weighted by atomic mass is 10.1. The second-order valence-electron chi connectivity index (χ2n) is 2.86. The molecule has 1 nitrogen and oxygen atoms in total. The summed E-state index contributed by atoms with van der Waals surface area (Å²) in [5.41, 5.74) is 5.92. The summed E-state index contributed by atoms with van der Waals surface area (Å²) in [6.45, 7) is 2.26. The first-order chi connectivity index (χ1) is 6.69. The molecule has 0 saturated heterocycles. The molecule has 0 atom stereocenters. The third kappa shape index (κ3) is 2.69. The summed E-state index contributed by atoms with van der Waals surface area (Å²) in [6.07, 6.45) is 0.505. The Morgan fingerprint density at radius 1 is 1.29 bits per heavy atom. The minimum Gasteiger partial charge on any atom is -0.330 e. The lowest BCUT2D eigenvalue weighted by Gasteiger charge is -2.05. The van der Waals surface area contributed by atoms with E-state index in [2.05, 4.69) is 0 Å². The van der Waals surface area contributed by atoms with Crippen molar-refractivity contribution in [2.75, 3.05) is 12.3 Å². The van der Waals surface area contributed by atoms with Gasteiger partial charge in [0.15, 0.2) is 0 Å². The van der Waals surface area contributed by atoms with E-state index in [-0.39, 0.29) is 4.90 Å². The van der Waals surface area contributed by atoms with Crippen LogP contribution in [-0.2, 0) is 6.42 Å². The van der Waals surface area contributed by atoms with Crippen LogP contribution < -0.4 is 5.73 Å². The topological polar surface area (TPSA) is 26.0 Å². The second-order valence-corrected chi connectivity index (χ2v) is 4.13. The van der Waals surface area contributed by atoms with Crippen LogP contribution in [0.3, 0.4) is 0 Å². The van der Waals surface area contributed by atoms with E-state index in [1.807, 2.05) is 6.92 Å². The number of benzene rings is 1. The van der Waals surface area contributed by atoms with Crippen LogP contribution in [0, 0.1) is 11.6 Å². The maximum atomic E-state index is 13.3. The van der Waals surface area contributed by atoms with E-state index in [0.29, 0.717) is 24.3 Å². The zero-order valence-corrected chi connectivity index (χ0v) is 8.83. The maximum absolute atomic E-state index is 13.3. The Balaban J connectivity index is 2.98. The number of halogens is 2. The van der Waals surface area contributed by atoms with E-state index in [4.69, 9.17) is 5.73 Å². The Morgan fingerprint density at radius 2 is 1.86 bits per heavy atom. The molecule has 0 radical (unpaired) electrons. The normalized spacial score (nSPS) is 10.6. The van der Waals surface area contributed by atoms with Crippen molar-refractivity contribution < 1.29 is 8.78 Å². The molecule has 4 heteroatoms. The van der Waals surface area contributed by atoms with Gasteiger partial charge in [0.05, 0.1) is 4.90 Å². The number of hydrogen-bond donors (Lipinski definition) is 1. The van der Waals surface area contributed by atoms with Crippen molar-refractivity contribution in [3.05, 3.63) is 29.3 Å². The van der Waals surface area contributed by atoms with Crippen LogP contribution in [0.15, 0.2) is 17.0 Å². The van der Waals surface area contributed by atoms with Crippen LogP contribution in [-0.4, -0.2) is 12.3 Å². The van der Waals surface area contributed by atoms with Crippen molar-refractivity contribution >= 4 is 11.8 Å². The van der Waals surface area contributed by atoms with Gasteiger partial charge in [-0.3, -0.25) is 0 Å². The average molecular weight is 217 g/mol. The maximum Gasteiger partial charge on any atom is 0.140 e. The summed E-state index contributed by atoms with van der Waals surface area (Å²) >= 11 is 1.17. The molecular formula is C10H13F2NS. The third-order valence-electron chi connectivity index (χ3n) is 1.78. The molecule has 1 aromatic rings. The molecule has 0 fully saturated rings.